The van der Waals surface area contributed by atoms with E-state index in [1.807, 2.05) is 12.1 Å². The van der Waals surface area contributed by atoms with Crippen molar-refractivity contribution < 1.29 is 4.21 Å². The molecule has 1 aliphatic carbocycles. The van der Waals surface area contributed by atoms with Crippen molar-refractivity contribution in [1.29, 1.82) is 0 Å². The number of nitrogens with two attached hydrogens (primary N) is 1. The average molecular weight is 286 g/mol. The molecule has 3 unspecified atom stereocenters. The zero-order chi connectivity index (χ0) is 13.1. The summed E-state index contributed by atoms with van der Waals surface area (Å²) in [5, 5.41) is 0.970. The molecule has 0 spiro atoms. The highest BCUT2D eigenvalue weighted by atomic mass is 35.5. The zero-order valence-electron chi connectivity index (χ0n) is 10.7. The smallest absolute Gasteiger partial charge is 0.0508 e. The van der Waals surface area contributed by atoms with E-state index in [4.69, 9.17) is 17.3 Å². The summed E-state index contributed by atoms with van der Waals surface area (Å²) >= 11 is 5.87. The molecule has 3 atom stereocenters. The normalized spacial score (nSPS) is 25.9. The molecule has 1 saturated carbocycles. The molecular weight excluding hydrogens is 266 g/mol. The number of hydrogen-bond donors (Lipinski definition) is 1. The van der Waals surface area contributed by atoms with Crippen LogP contribution in [-0.2, 0) is 16.6 Å². The number of halogens is 1. The average Bonchev–Trinajstić information content (AvgIpc) is 2.32. The fourth-order valence-corrected chi connectivity index (χ4v) is 4.54. The van der Waals surface area contributed by atoms with Crippen molar-refractivity contribution >= 4 is 28.1 Å². The molecule has 1 aromatic carbocycles. The lowest BCUT2D eigenvalue weighted by molar-refractivity contribution is 0.389. The number of nitrogen functional groups attached to an aromatic ring is 1. The standard InChI is InChI=1S/C14H20ClNOS/c1-10-3-2-4-13(7-10)18(17)9-11-5-6-12(15)8-14(11)16/h5-6,8,10,13H,2-4,7,9,16H2,1H3. The molecule has 100 valence electrons. The van der Waals surface area contributed by atoms with E-state index in [9.17, 15) is 4.21 Å². The maximum Gasteiger partial charge on any atom is 0.0508 e. The Kier molecular flexibility index (Phi) is 4.68. The van der Waals surface area contributed by atoms with Crippen LogP contribution in [0.15, 0.2) is 18.2 Å². The maximum absolute atomic E-state index is 12.4. The van der Waals surface area contributed by atoms with Gasteiger partial charge in [-0.05, 0) is 36.5 Å². The predicted molar refractivity (Wildman–Crippen MR) is 79.1 cm³/mol. The monoisotopic (exact) mass is 285 g/mol. The van der Waals surface area contributed by atoms with Gasteiger partial charge >= 0.3 is 0 Å². The Hall–Kier alpha value is -0.540. The minimum absolute atomic E-state index is 0.337. The van der Waals surface area contributed by atoms with E-state index < -0.39 is 10.8 Å². The van der Waals surface area contributed by atoms with Gasteiger partial charge in [-0.1, -0.05) is 37.4 Å². The Morgan fingerprint density at radius 1 is 1.44 bits per heavy atom. The van der Waals surface area contributed by atoms with Gasteiger partial charge < -0.3 is 5.73 Å². The number of benzene rings is 1. The van der Waals surface area contributed by atoms with Gasteiger partial charge in [-0.15, -0.1) is 0 Å². The van der Waals surface area contributed by atoms with Gasteiger partial charge in [0.05, 0.1) is 5.75 Å². The zero-order valence-corrected chi connectivity index (χ0v) is 12.3. The van der Waals surface area contributed by atoms with Crippen molar-refractivity contribution in [2.24, 2.45) is 5.92 Å². The Morgan fingerprint density at radius 2 is 2.22 bits per heavy atom. The largest absolute Gasteiger partial charge is 0.398 e. The van der Waals surface area contributed by atoms with Crippen LogP contribution in [0.4, 0.5) is 5.69 Å². The van der Waals surface area contributed by atoms with Crippen LogP contribution in [0.5, 0.6) is 0 Å². The summed E-state index contributed by atoms with van der Waals surface area (Å²) in [6.45, 7) is 2.25. The second-order valence-corrected chi connectivity index (χ2v) is 7.42. The lowest BCUT2D eigenvalue weighted by Crippen LogP contribution is -2.24. The van der Waals surface area contributed by atoms with Gasteiger partial charge in [0.2, 0.25) is 0 Å². The van der Waals surface area contributed by atoms with E-state index in [2.05, 4.69) is 6.92 Å². The first-order valence-electron chi connectivity index (χ1n) is 6.47. The fourth-order valence-electron chi connectivity index (χ4n) is 2.59. The van der Waals surface area contributed by atoms with Crippen LogP contribution < -0.4 is 5.73 Å². The molecule has 0 aliphatic heterocycles. The van der Waals surface area contributed by atoms with E-state index in [-0.39, 0.29) is 0 Å². The van der Waals surface area contributed by atoms with E-state index in [0.29, 0.717) is 27.6 Å². The quantitative estimate of drug-likeness (QED) is 0.860. The third-order valence-corrected chi connectivity index (χ3v) is 5.67. The molecule has 0 aromatic heterocycles. The summed E-state index contributed by atoms with van der Waals surface area (Å²) in [6.07, 6.45) is 4.65. The lowest BCUT2D eigenvalue weighted by Gasteiger charge is -2.26. The van der Waals surface area contributed by atoms with Crippen LogP contribution in [0.3, 0.4) is 0 Å². The molecule has 2 N–H and O–H groups in total. The molecule has 1 fully saturated rings. The van der Waals surface area contributed by atoms with Crippen LogP contribution >= 0.6 is 11.6 Å². The third-order valence-electron chi connectivity index (χ3n) is 3.67. The van der Waals surface area contributed by atoms with Gasteiger partial charge in [-0.3, -0.25) is 4.21 Å². The SMILES string of the molecule is CC1CCCC(S(=O)Cc2ccc(Cl)cc2N)C1. The molecule has 18 heavy (non-hydrogen) atoms. The minimum atomic E-state index is -0.818. The van der Waals surface area contributed by atoms with Crippen LogP contribution in [0.1, 0.15) is 38.2 Å². The minimum Gasteiger partial charge on any atom is -0.398 e. The first-order valence-corrected chi connectivity index (χ1v) is 8.23. The Labute approximate surface area is 116 Å². The molecular formula is C14H20ClNOS. The van der Waals surface area contributed by atoms with Gasteiger partial charge in [-0.25, -0.2) is 0 Å². The number of hydrogen-bond acceptors (Lipinski definition) is 2. The van der Waals surface area contributed by atoms with Crippen LogP contribution in [0.25, 0.3) is 0 Å². The van der Waals surface area contributed by atoms with Gasteiger partial charge in [0.15, 0.2) is 0 Å². The molecule has 0 radical (unpaired) electrons. The van der Waals surface area contributed by atoms with Crippen molar-refractivity contribution in [3.63, 3.8) is 0 Å². The van der Waals surface area contributed by atoms with E-state index >= 15 is 0 Å². The molecule has 1 aliphatic rings. The Morgan fingerprint density at radius 3 is 2.89 bits per heavy atom. The van der Waals surface area contributed by atoms with Crippen molar-refractivity contribution in [3.8, 4) is 0 Å². The van der Waals surface area contributed by atoms with Crippen molar-refractivity contribution in [2.75, 3.05) is 5.73 Å². The fraction of sp³-hybridized carbons (Fsp3) is 0.571. The maximum atomic E-state index is 12.4. The highest BCUT2D eigenvalue weighted by Gasteiger charge is 2.24. The predicted octanol–water partition coefficient (Wildman–Crippen LogP) is 3.75. The van der Waals surface area contributed by atoms with Gasteiger partial charge in [0.25, 0.3) is 0 Å². The molecule has 0 amide bonds. The second-order valence-electron chi connectivity index (χ2n) is 5.26. The molecule has 0 bridgehead atoms. The summed E-state index contributed by atoms with van der Waals surface area (Å²) in [6, 6.07) is 5.44. The van der Waals surface area contributed by atoms with Gasteiger partial charge in [-0.2, -0.15) is 0 Å². The third kappa shape index (κ3) is 3.48. The Bertz CT molecular complexity index is 449. The first kappa shape index (κ1) is 13.9. The topological polar surface area (TPSA) is 43.1 Å². The van der Waals surface area contributed by atoms with Crippen LogP contribution in [0, 0.1) is 5.92 Å². The Balaban J connectivity index is 2.02. The molecule has 0 saturated heterocycles. The van der Waals surface area contributed by atoms with Crippen molar-refractivity contribution in [1.82, 2.24) is 0 Å². The molecule has 1 aromatic rings. The lowest BCUT2D eigenvalue weighted by atomic mass is 9.91. The molecule has 2 nitrogen and oxygen atoms in total. The number of rotatable bonds is 3. The highest BCUT2D eigenvalue weighted by Crippen LogP contribution is 2.29. The summed E-state index contributed by atoms with van der Waals surface area (Å²) in [5.41, 5.74) is 7.51. The molecule has 0 heterocycles. The summed E-state index contributed by atoms with van der Waals surface area (Å²) < 4.78 is 12.4. The van der Waals surface area contributed by atoms with Crippen molar-refractivity contribution in [2.45, 2.75) is 43.6 Å². The molecule has 4 heteroatoms. The first-order chi connectivity index (χ1) is 8.56. The van der Waals surface area contributed by atoms with E-state index in [1.165, 1.54) is 12.8 Å². The van der Waals surface area contributed by atoms with Gasteiger partial charge in [0.1, 0.15) is 0 Å². The van der Waals surface area contributed by atoms with E-state index in [1.54, 1.807) is 6.07 Å². The van der Waals surface area contributed by atoms with Gasteiger partial charge in [0, 0.05) is 26.8 Å². The summed E-state index contributed by atoms with van der Waals surface area (Å²) in [4.78, 5) is 0. The van der Waals surface area contributed by atoms with Crippen LogP contribution in [-0.4, -0.2) is 9.46 Å². The summed E-state index contributed by atoms with van der Waals surface area (Å²) in [7, 11) is -0.818. The summed E-state index contributed by atoms with van der Waals surface area (Å²) in [5.74, 6) is 1.26. The number of anilines is 1. The van der Waals surface area contributed by atoms with Crippen molar-refractivity contribution in [3.05, 3.63) is 28.8 Å². The van der Waals surface area contributed by atoms with E-state index in [0.717, 1.165) is 18.4 Å². The molecule has 2 rings (SSSR count). The van der Waals surface area contributed by atoms with Crippen LogP contribution in [0.2, 0.25) is 5.02 Å². The second kappa shape index (κ2) is 6.07. The highest BCUT2D eigenvalue weighted by molar-refractivity contribution is 7.84.